The van der Waals surface area contributed by atoms with Gasteiger partial charge in [-0.3, -0.25) is 0 Å². The van der Waals surface area contributed by atoms with E-state index in [4.69, 9.17) is 5.26 Å². The second-order valence-electron chi connectivity index (χ2n) is 3.54. The molecule has 0 bridgehead atoms. The molecular weight excluding hydrogens is 226 g/mol. The van der Waals surface area contributed by atoms with Crippen LogP contribution >= 0.6 is 0 Å². The zero-order valence-corrected chi connectivity index (χ0v) is 9.69. The van der Waals surface area contributed by atoms with E-state index < -0.39 is 0 Å². The summed E-state index contributed by atoms with van der Waals surface area (Å²) in [6.07, 6.45) is 3.40. The molecule has 1 aromatic heterocycles. The molecule has 18 heavy (non-hydrogen) atoms. The molecule has 5 nitrogen and oxygen atoms in total. The Morgan fingerprint density at radius 3 is 2.83 bits per heavy atom. The fraction of sp³-hybridized carbons (Fsp3) is 0.0769. The minimum atomic E-state index is 0.322. The highest BCUT2D eigenvalue weighted by atomic mass is 15.6. The molecule has 0 aliphatic heterocycles. The van der Waals surface area contributed by atoms with Gasteiger partial charge in [-0.1, -0.05) is 36.4 Å². The molecule has 0 radical (unpaired) electrons. The standard InChI is InChI=1S/C13H11N5/c1-2-8-18-16-13(15-17-18)12(10-14)9-11-6-4-3-5-7-11/h2-7,9H,1,8H2. The minimum absolute atomic E-state index is 0.322. The Balaban J connectivity index is 2.31. The first-order valence-corrected chi connectivity index (χ1v) is 5.39. The van der Waals surface area contributed by atoms with E-state index in [1.807, 2.05) is 30.3 Å². The van der Waals surface area contributed by atoms with Crippen molar-refractivity contribution >= 4 is 11.6 Å². The molecule has 0 atom stereocenters. The summed E-state index contributed by atoms with van der Waals surface area (Å²) in [5.74, 6) is 0.322. The van der Waals surface area contributed by atoms with Crippen LogP contribution in [0.2, 0.25) is 0 Å². The maximum atomic E-state index is 9.12. The Morgan fingerprint density at radius 1 is 1.39 bits per heavy atom. The van der Waals surface area contributed by atoms with Crippen LogP contribution in [0.5, 0.6) is 0 Å². The van der Waals surface area contributed by atoms with Crippen molar-refractivity contribution in [3.05, 3.63) is 54.4 Å². The van der Waals surface area contributed by atoms with Crippen molar-refractivity contribution in [2.45, 2.75) is 6.54 Å². The number of benzene rings is 1. The van der Waals surface area contributed by atoms with Crippen molar-refractivity contribution in [3.63, 3.8) is 0 Å². The number of aromatic nitrogens is 4. The van der Waals surface area contributed by atoms with E-state index in [2.05, 4.69) is 28.1 Å². The predicted molar refractivity (Wildman–Crippen MR) is 67.9 cm³/mol. The average Bonchev–Trinajstić information content (AvgIpc) is 2.86. The van der Waals surface area contributed by atoms with Gasteiger partial charge in [-0.2, -0.15) is 10.1 Å². The third-order valence-electron chi connectivity index (χ3n) is 2.22. The molecule has 0 fully saturated rings. The molecular formula is C13H11N5. The molecule has 2 rings (SSSR count). The molecule has 0 N–H and O–H groups in total. The number of hydrogen-bond acceptors (Lipinski definition) is 4. The van der Waals surface area contributed by atoms with E-state index in [0.29, 0.717) is 17.9 Å². The summed E-state index contributed by atoms with van der Waals surface area (Å²) in [5.41, 5.74) is 1.31. The van der Waals surface area contributed by atoms with Gasteiger partial charge in [0.05, 0.1) is 6.54 Å². The fourth-order valence-electron chi connectivity index (χ4n) is 1.41. The number of allylic oxidation sites excluding steroid dienone is 2. The van der Waals surface area contributed by atoms with Gasteiger partial charge in [0.15, 0.2) is 0 Å². The van der Waals surface area contributed by atoms with Gasteiger partial charge in [0.1, 0.15) is 11.6 Å². The molecule has 0 saturated carbocycles. The molecule has 2 aromatic rings. The van der Waals surface area contributed by atoms with E-state index in [1.165, 1.54) is 4.80 Å². The van der Waals surface area contributed by atoms with Gasteiger partial charge in [0, 0.05) is 0 Å². The molecule has 0 aliphatic rings. The third kappa shape index (κ3) is 2.68. The van der Waals surface area contributed by atoms with Gasteiger partial charge < -0.3 is 0 Å². The Morgan fingerprint density at radius 2 is 2.17 bits per heavy atom. The summed E-state index contributed by atoms with van der Waals surface area (Å²) in [5, 5.41) is 20.9. The monoisotopic (exact) mass is 237 g/mol. The van der Waals surface area contributed by atoms with Crippen molar-refractivity contribution < 1.29 is 0 Å². The molecule has 0 aliphatic carbocycles. The molecule has 5 heteroatoms. The number of hydrogen-bond donors (Lipinski definition) is 0. The number of rotatable bonds is 4. The van der Waals surface area contributed by atoms with Gasteiger partial charge in [0.2, 0.25) is 5.82 Å². The smallest absolute Gasteiger partial charge is 0.192 e. The van der Waals surface area contributed by atoms with Crippen LogP contribution in [-0.4, -0.2) is 20.2 Å². The first kappa shape index (κ1) is 11.7. The zero-order valence-electron chi connectivity index (χ0n) is 9.69. The quantitative estimate of drug-likeness (QED) is 0.602. The lowest BCUT2D eigenvalue weighted by Gasteiger charge is -1.93. The van der Waals surface area contributed by atoms with Crippen molar-refractivity contribution in [2.75, 3.05) is 0 Å². The lowest BCUT2D eigenvalue weighted by molar-refractivity contribution is 0.582. The Kier molecular flexibility index (Phi) is 3.62. The maximum Gasteiger partial charge on any atom is 0.215 e. The summed E-state index contributed by atoms with van der Waals surface area (Å²) < 4.78 is 0. The van der Waals surface area contributed by atoms with Crippen molar-refractivity contribution in [3.8, 4) is 6.07 Å². The van der Waals surface area contributed by atoms with Crippen LogP contribution in [0.3, 0.4) is 0 Å². The summed E-state index contributed by atoms with van der Waals surface area (Å²) in [6.45, 7) is 4.06. The Bertz CT molecular complexity index is 604. The van der Waals surface area contributed by atoms with Gasteiger partial charge in [0.25, 0.3) is 0 Å². The van der Waals surface area contributed by atoms with Crippen LogP contribution in [0, 0.1) is 11.3 Å². The van der Waals surface area contributed by atoms with Crippen LogP contribution in [0.15, 0.2) is 43.0 Å². The lowest BCUT2D eigenvalue weighted by atomic mass is 10.1. The highest BCUT2D eigenvalue weighted by Crippen LogP contribution is 2.12. The van der Waals surface area contributed by atoms with Gasteiger partial charge in [-0.25, -0.2) is 0 Å². The molecule has 0 amide bonds. The van der Waals surface area contributed by atoms with E-state index in [1.54, 1.807) is 12.2 Å². The number of nitrogens with zero attached hydrogens (tertiary/aromatic N) is 5. The van der Waals surface area contributed by atoms with Gasteiger partial charge >= 0.3 is 0 Å². The average molecular weight is 237 g/mol. The SMILES string of the molecule is C=CCn1nnc(C(C#N)=Cc2ccccc2)n1. The Labute approximate surface area is 105 Å². The van der Waals surface area contributed by atoms with E-state index in [9.17, 15) is 0 Å². The van der Waals surface area contributed by atoms with E-state index in [0.717, 1.165) is 5.56 Å². The second-order valence-corrected chi connectivity index (χ2v) is 3.54. The zero-order chi connectivity index (χ0) is 12.8. The van der Waals surface area contributed by atoms with E-state index >= 15 is 0 Å². The summed E-state index contributed by atoms with van der Waals surface area (Å²) in [7, 11) is 0. The maximum absolute atomic E-state index is 9.12. The second kappa shape index (κ2) is 5.55. The summed E-state index contributed by atoms with van der Waals surface area (Å²) >= 11 is 0. The third-order valence-corrected chi connectivity index (χ3v) is 2.22. The van der Waals surface area contributed by atoms with Crippen LogP contribution < -0.4 is 0 Å². The Hall–Kier alpha value is -2.74. The van der Waals surface area contributed by atoms with Gasteiger partial charge in [-0.15, -0.1) is 16.8 Å². The van der Waals surface area contributed by atoms with Gasteiger partial charge in [-0.05, 0) is 16.9 Å². The predicted octanol–water partition coefficient (Wildman–Crippen LogP) is 1.92. The highest BCUT2D eigenvalue weighted by Gasteiger charge is 2.07. The van der Waals surface area contributed by atoms with Crippen LogP contribution in [0.25, 0.3) is 11.6 Å². The molecule has 0 saturated heterocycles. The van der Waals surface area contributed by atoms with Crippen LogP contribution in [0.1, 0.15) is 11.4 Å². The first-order valence-electron chi connectivity index (χ1n) is 5.39. The summed E-state index contributed by atoms with van der Waals surface area (Å²) in [4.78, 5) is 1.39. The van der Waals surface area contributed by atoms with Crippen molar-refractivity contribution in [1.29, 1.82) is 5.26 Å². The van der Waals surface area contributed by atoms with Crippen molar-refractivity contribution in [2.24, 2.45) is 0 Å². The summed E-state index contributed by atoms with van der Waals surface area (Å²) in [6, 6.07) is 11.6. The van der Waals surface area contributed by atoms with E-state index in [-0.39, 0.29) is 0 Å². The normalized spacial score (nSPS) is 10.9. The molecule has 0 spiro atoms. The minimum Gasteiger partial charge on any atom is -0.192 e. The lowest BCUT2D eigenvalue weighted by Crippen LogP contribution is -1.99. The van der Waals surface area contributed by atoms with Crippen LogP contribution in [-0.2, 0) is 6.54 Å². The fourth-order valence-corrected chi connectivity index (χ4v) is 1.41. The topological polar surface area (TPSA) is 67.4 Å². The first-order chi connectivity index (χ1) is 8.83. The molecule has 88 valence electrons. The molecule has 0 unspecified atom stereocenters. The molecule has 1 aromatic carbocycles. The molecule has 1 heterocycles. The highest BCUT2D eigenvalue weighted by molar-refractivity contribution is 5.86. The number of tetrazole rings is 1. The van der Waals surface area contributed by atoms with Crippen molar-refractivity contribution in [1.82, 2.24) is 20.2 Å². The largest absolute Gasteiger partial charge is 0.215 e. The number of nitriles is 1. The van der Waals surface area contributed by atoms with Crippen LogP contribution in [0.4, 0.5) is 0 Å².